The smallest absolute Gasteiger partial charge is 0.306 e. The van der Waals surface area contributed by atoms with Gasteiger partial charge >= 0.3 is 5.97 Å². The van der Waals surface area contributed by atoms with Gasteiger partial charge in [0, 0.05) is 6.42 Å². The van der Waals surface area contributed by atoms with Crippen LogP contribution in [0.15, 0.2) is 0 Å². The van der Waals surface area contributed by atoms with Crippen LogP contribution in [-0.4, -0.2) is 25.7 Å². The minimum Gasteiger partial charge on any atom is -0.465 e. The fourth-order valence-electron chi connectivity index (χ4n) is 3.30. The Balaban J connectivity index is 1.61. The van der Waals surface area contributed by atoms with Crippen molar-refractivity contribution in [1.29, 1.82) is 0 Å². The number of carbonyl (C=O) groups is 1. The van der Waals surface area contributed by atoms with Crippen molar-refractivity contribution in [2.75, 3.05) is 19.7 Å². The molecule has 3 heteroatoms. The number of nitrogens with one attached hydrogen (secondary N) is 1. The molecule has 18 heavy (non-hydrogen) atoms. The van der Waals surface area contributed by atoms with Gasteiger partial charge in [-0.2, -0.15) is 0 Å². The third-order valence-corrected chi connectivity index (χ3v) is 4.44. The first kappa shape index (κ1) is 13.9. The fourth-order valence-corrected chi connectivity index (χ4v) is 3.30. The number of hydrogen-bond donors (Lipinski definition) is 1. The quantitative estimate of drug-likeness (QED) is 0.783. The molecular weight excluding hydrogens is 226 g/mol. The van der Waals surface area contributed by atoms with Crippen molar-refractivity contribution < 1.29 is 9.53 Å². The van der Waals surface area contributed by atoms with Crippen LogP contribution in [0.4, 0.5) is 0 Å². The fraction of sp³-hybridized carbons (Fsp3) is 0.933. The molecule has 2 atom stereocenters. The van der Waals surface area contributed by atoms with Crippen molar-refractivity contribution in [3.63, 3.8) is 0 Å². The lowest BCUT2D eigenvalue weighted by Crippen LogP contribution is -2.29. The maximum absolute atomic E-state index is 11.8. The van der Waals surface area contributed by atoms with E-state index in [9.17, 15) is 4.79 Å². The van der Waals surface area contributed by atoms with E-state index in [1.54, 1.807) is 0 Å². The molecule has 3 nitrogen and oxygen atoms in total. The van der Waals surface area contributed by atoms with Crippen LogP contribution in [0.5, 0.6) is 0 Å². The molecule has 0 aromatic rings. The Morgan fingerprint density at radius 1 is 1.17 bits per heavy atom. The molecule has 1 aliphatic heterocycles. The standard InChI is InChI=1S/C15H27NO2/c1-12-3-2-4-14(9-12)11-18-15(17)10-13-5-7-16-8-6-13/h12-14,16H,2-11H2,1H3. The molecule has 0 bridgehead atoms. The van der Waals surface area contributed by atoms with E-state index >= 15 is 0 Å². The van der Waals surface area contributed by atoms with Crippen molar-refractivity contribution in [3.8, 4) is 0 Å². The first-order chi connectivity index (χ1) is 8.74. The summed E-state index contributed by atoms with van der Waals surface area (Å²) in [6.45, 7) is 5.08. The van der Waals surface area contributed by atoms with Gasteiger partial charge in [-0.1, -0.05) is 19.8 Å². The summed E-state index contributed by atoms with van der Waals surface area (Å²) in [5.41, 5.74) is 0. The summed E-state index contributed by atoms with van der Waals surface area (Å²) in [7, 11) is 0. The van der Waals surface area contributed by atoms with Gasteiger partial charge in [0.1, 0.15) is 0 Å². The normalized spacial score (nSPS) is 30.1. The average molecular weight is 253 g/mol. The van der Waals surface area contributed by atoms with Crippen LogP contribution in [0.25, 0.3) is 0 Å². The molecule has 0 amide bonds. The van der Waals surface area contributed by atoms with Crippen molar-refractivity contribution >= 4 is 5.97 Å². The second-order valence-electron chi connectivity index (χ2n) is 6.22. The Morgan fingerprint density at radius 3 is 2.67 bits per heavy atom. The summed E-state index contributed by atoms with van der Waals surface area (Å²) < 4.78 is 5.47. The number of esters is 1. The lowest BCUT2D eigenvalue weighted by atomic mass is 9.83. The minimum atomic E-state index is 0.0279. The van der Waals surface area contributed by atoms with Crippen LogP contribution in [0, 0.1) is 17.8 Å². The van der Waals surface area contributed by atoms with E-state index in [0.29, 0.717) is 24.9 Å². The summed E-state index contributed by atoms with van der Waals surface area (Å²) in [4.78, 5) is 11.8. The number of rotatable bonds is 4. The molecule has 1 saturated heterocycles. The summed E-state index contributed by atoms with van der Waals surface area (Å²) in [6, 6.07) is 0. The molecule has 1 saturated carbocycles. The Hall–Kier alpha value is -0.570. The Bertz CT molecular complexity index is 261. The Kier molecular flexibility index (Phi) is 5.48. The topological polar surface area (TPSA) is 38.3 Å². The predicted octanol–water partition coefficient (Wildman–Crippen LogP) is 2.75. The first-order valence-corrected chi connectivity index (χ1v) is 7.60. The SMILES string of the molecule is CC1CCCC(COC(=O)CC2CCNCC2)C1. The second-order valence-corrected chi connectivity index (χ2v) is 6.22. The van der Waals surface area contributed by atoms with Gasteiger partial charge < -0.3 is 10.1 Å². The molecule has 104 valence electrons. The third kappa shape index (κ3) is 4.60. The maximum Gasteiger partial charge on any atom is 0.306 e. The third-order valence-electron chi connectivity index (χ3n) is 4.44. The predicted molar refractivity (Wildman–Crippen MR) is 72.3 cm³/mol. The molecule has 0 aromatic carbocycles. The van der Waals surface area contributed by atoms with Gasteiger partial charge in [-0.3, -0.25) is 4.79 Å². The van der Waals surface area contributed by atoms with Crippen LogP contribution in [0.1, 0.15) is 51.9 Å². The van der Waals surface area contributed by atoms with Crippen LogP contribution in [-0.2, 0) is 9.53 Å². The van der Waals surface area contributed by atoms with Gasteiger partial charge in [-0.15, -0.1) is 0 Å². The van der Waals surface area contributed by atoms with Crippen molar-refractivity contribution in [2.24, 2.45) is 17.8 Å². The highest BCUT2D eigenvalue weighted by Crippen LogP contribution is 2.28. The van der Waals surface area contributed by atoms with E-state index in [2.05, 4.69) is 12.2 Å². The molecule has 0 aromatic heterocycles. The molecular formula is C15H27NO2. The monoisotopic (exact) mass is 253 g/mol. The highest BCUT2D eigenvalue weighted by Gasteiger charge is 2.22. The minimum absolute atomic E-state index is 0.0279. The largest absolute Gasteiger partial charge is 0.465 e. The lowest BCUT2D eigenvalue weighted by Gasteiger charge is -2.27. The van der Waals surface area contributed by atoms with Gasteiger partial charge in [0.05, 0.1) is 6.61 Å². The van der Waals surface area contributed by atoms with E-state index in [1.807, 2.05) is 0 Å². The van der Waals surface area contributed by atoms with Gasteiger partial charge in [-0.05, 0) is 56.5 Å². The van der Waals surface area contributed by atoms with E-state index in [-0.39, 0.29) is 5.97 Å². The summed E-state index contributed by atoms with van der Waals surface area (Å²) in [5, 5.41) is 3.32. The lowest BCUT2D eigenvalue weighted by molar-refractivity contribution is -0.146. The van der Waals surface area contributed by atoms with Crippen molar-refractivity contribution in [2.45, 2.75) is 51.9 Å². The number of ether oxygens (including phenoxy) is 1. The highest BCUT2D eigenvalue weighted by molar-refractivity contribution is 5.69. The van der Waals surface area contributed by atoms with Gasteiger partial charge in [0.25, 0.3) is 0 Å². The van der Waals surface area contributed by atoms with E-state index < -0.39 is 0 Å². The highest BCUT2D eigenvalue weighted by atomic mass is 16.5. The summed E-state index contributed by atoms with van der Waals surface area (Å²) >= 11 is 0. The van der Waals surface area contributed by atoms with Crippen LogP contribution in [0.3, 0.4) is 0 Å². The van der Waals surface area contributed by atoms with E-state index in [1.165, 1.54) is 25.7 Å². The second kappa shape index (κ2) is 7.13. The molecule has 2 unspecified atom stereocenters. The Morgan fingerprint density at radius 2 is 1.94 bits per heavy atom. The molecule has 1 heterocycles. The van der Waals surface area contributed by atoms with Gasteiger partial charge in [0.15, 0.2) is 0 Å². The van der Waals surface area contributed by atoms with Crippen molar-refractivity contribution in [3.05, 3.63) is 0 Å². The van der Waals surface area contributed by atoms with Crippen molar-refractivity contribution in [1.82, 2.24) is 5.32 Å². The number of piperidine rings is 1. The Labute approximate surface area is 111 Å². The van der Waals surface area contributed by atoms with Gasteiger partial charge in [-0.25, -0.2) is 0 Å². The van der Waals surface area contributed by atoms with E-state index in [0.717, 1.165) is 31.8 Å². The molecule has 1 N–H and O–H groups in total. The molecule has 2 rings (SSSR count). The molecule has 0 radical (unpaired) electrons. The number of carbonyl (C=O) groups excluding carboxylic acids is 1. The average Bonchev–Trinajstić information content (AvgIpc) is 2.38. The number of hydrogen-bond acceptors (Lipinski definition) is 3. The zero-order valence-electron chi connectivity index (χ0n) is 11.6. The van der Waals surface area contributed by atoms with Gasteiger partial charge in [0.2, 0.25) is 0 Å². The van der Waals surface area contributed by atoms with E-state index in [4.69, 9.17) is 4.74 Å². The summed E-state index contributed by atoms with van der Waals surface area (Å²) in [6.07, 6.45) is 8.00. The molecule has 2 fully saturated rings. The first-order valence-electron chi connectivity index (χ1n) is 7.60. The maximum atomic E-state index is 11.8. The van der Waals surface area contributed by atoms with Crippen LogP contribution >= 0.6 is 0 Å². The molecule has 1 aliphatic carbocycles. The molecule has 0 spiro atoms. The van der Waals surface area contributed by atoms with Crippen LogP contribution < -0.4 is 5.32 Å². The zero-order valence-corrected chi connectivity index (χ0v) is 11.6. The molecule has 2 aliphatic rings. The zero-order chi connectivity index (χ0) is 12.8. The van der Waals surface area contributed by atoms with Crippen LogP contribution in [0.2, 0.25) is 0 Å². The summed E-state index contributed by atoms with van der Waals surface area (Å²) in [5.74, 6) is 2.00.